The number of hydrogen-bond donors (Lipinski definition) is 1. The van der Waals surface area contributed by atoms with E-state index >= 15 is 0 Å². The van der Waals surface area contributed by atoms with Gasteiger partial charge in [0, 0.05) is 16.5 Å². The van der Waals surface area contributed by atoms with E-state index < -0.39 is 0 Å². The third kappa shape index (κ3) is 3.24. The van der Waals surface area contributed by atoms with Crippen LogP contribution in [0.5, 0.6) is 0 Å². The van der Waals surface area contributed by atoms with Crippen molar-refractivity contribution in [3.8, 4) is 0 Å². The van der Waals surface area contributed by atoms with Gasteiger partial charge in [-0.3, -0.25) is 4.90 Å². The molecule has 2 nitrogen and oxygen atoms in total. The normalized spacial score (nSPS) is 20.2. The molecule has 0 bridgehead atoms. The minimum atomic E-state index is 0.0560. The Hall–Kier alpha value is -1.97. The Bertz CT molecular complexity index is 957. The van der Waals surface area contributed by atoms with Gasteiger partial charge in [0.25, 0.3) is 0 Å². The second-order valence-corrected chi connectivity index (χ2v) is 8.05. The fourth-order valence-electron chi connectivity index (χ4n) is 4.44. The molecule has 2 aromatic carbocycles. The Morgan fingerprint density at radius 3 is 2.44 bits per heavy atom. The Kier molecular flexibility index (Phi) is 5.16. The van der Waals surface area contributed by atoms with Crippen molar-refractivity contribution in [1.29, 1.82) is 0 Å². The summed E-state index contributed by atoms with van der Waals surface area (Å²) in [6.45, 7) is 0. The van der Waals surface area contributed by atoms with Gasteiger partial charge in [0.15, 0.2) is 0 Å². The molecule has 1 aliphatic carbocycles. The van der Waals surface area contributed by atoms with Gasteiger partial charge in [-0.15, -0.1) is 0 Å². The Morgan fingerprint density at radius 2 is 1.78 bits per heavy atom. The summed E-state index contributed by atoms with van der Waals surface area (Å²) < 4.78 is 6.31. The van der Waals surface area contributed by atoms with Crippen molar-refractivity contribution in [2.24, 2.45) is 0 Å². The van der Waals surface area contributed by atoms with Crippen LogP contribution in [0.4, 0.5) is 0 Å². The monoisotopic (exact) mass is 377 g/mol. The summed E-state index contributed by atoms with van der Waals surface area (Å²) in [7, 11) is 4.39. The summed E-state index contributed by atoms with van der Waals surface area (Å²) in [5, 5.41) is 1.23. The predicted molar refractivity (Wildman–Crippen MR) is 117 cm³/mol. The lowest BCUT2D eigenvalue weighted by atomic mass is 9.75. The van der Waals surface area contributed by atoms with E-state index in [-0.39, 0.29) is 5.54 Å². The van der Waals surface area contributed by atoms with Gasteiger partial charge in [0.05, 0.1) is 0 Å². The fraction of sp³-hybridized carbons (Fsp3) is 0.333. The van der Waals surface area contributed by atoms with Crippen LogP contribution in [-0.4, -0.2) is 24.7 Å². The zero-order valence-electron chi connectivity index (χ0n) is 16.1. The average Bonchev–Trinajstić information content (AvgIpc) is 3.07. The number of fused-ring (bicyclic) bond motifs is 1. The number of thiol groups is 1. The van der Waals surface area contributed by atoms with E-state index in [2.05, 4.69) is 86.2 Å². The van der Waals surface area contributed by atoms with Crippen molar-refractivity contribution in [3.63, 3.8) is 0 Å². The first-order valence-corrected chi connectivity index (χ1v) is 10.3. The van der Waals surface area contributed by atoms with Crippen molar-refractivity contribution < 1.29 is 4.42 Å². The van der Waals surface area contributed by atoms with E-state index in [0.29, 0.717) is 0 Å². The third-order valence-electron chi connectivity index (χ3n) is 6.01. The number of hydrogen-bond acceptors (Lipinski definition) is 3. The number of aryl methyl sites for hydroxylation is 1. The average molecular weight is 378 g/mol. The van der Waals surface area contributed by atoms with Crippen LogP contribution in [0.25, 0.3) is 16.5 Å². The first kappa shape index (κ1) is 18.4. The molecule has 3 aromatic rings. The SMILES string of the molecule is CN(C)C1(c2ccccc2)CC=C(c2oc3ccccc3c2CCS)CC1. The number of benzene rings is 2. The number of rotatable bonds is 5. The standard InChI is InChI=1S/C24H27NOS/c1-25(2)24(19-8-4-3-5-9-19)15-12-18(13-16-24)23-21(14-17-27)20-10-6-7-11-22(20)26-23/h3-12,27H,13-17H2,1-2H3. The summed E-state index contributed by atoms with van der Waals surface area (Å²) in [5.74, 6) is 1.90. The zero-order chi connectivity index (χ0) is 18.9. The van der Waals surface area contributed by atoms with Crippen molar-refractivity contribution in [1.82, 2.24) is 4.90 Å². The van der Waals surface area contributed by atoms with Crippen LogP contribution in [0.15, 0.2) is 65.1 Å². The highest BCUT2D eigenvalue weighted by Gasteiger charge is 2.36. The highest BCUT2D eigenvalue weighted by Crippen LogP contribution is 2.44. The lowest BCUT2D eigenvalue weighted by Gasteiger charge is -2.42. The van der Waals surface area contributed by atoms with E-state index in [0.717, 1.165) is 42.8 Å². The highest BCUT2D eigenvalue weighted by molar-refractivity contribution is 7.80. The predicted octanol–water partition coefficient (Wildman–Crippen LogP) is 5.93. The van der Waals surface area contributed by atoms with Crippen LogP contribution in [0.3, 0.4) is 0 Å². The molecule has 4 rings (SSSR count). The quantitative estimate of drug-likeness (QED) is 0.555. The van der Waals surface area contributed by atoms with Gasteiger partial charge in [0.2, 0.25) is 0 Å². The molecule has 0 radical (unpaired) electrons. The molecular weight excluding hydrogens is 350 g/mol. The maximum absolute atomic E-state index is 6.31. The van der Waals surface area contributed by atoms with Crippen LogP contribution < -0.4 is 0 Å². The molecular formula is C24H27NOS. The Balaban J connectivity index is 1.74. The van der Waals surface area contributed by atoms with Crippen molar-refractivity contribution in [2.45, 2.75) is 31.2 Å². The molecule has 0 amide bonds. The van der Waals surface area contributed by atoms with E-state index in [4.69, 9.17) is 4.42 Å². The Morgan fingerprint density at radius 1 is 1.04 bits per heavy atom. The van der Waals surface area contributed by atoms with Crippen molar-refractivity contribution in [3.05, 3.63) is 77.6 Å². The summed E-state index contributed by atoms with van der Waals surface area (Å²) in [6, 6.07) is 19.3. The fourth-order valence-corrected chi connectivity index (χ4v) is 4.66. The van der Waals surface area contributed by atoms with Crippen LogP contribution in [0.2, 0.25) is 0 Å². The van der Waals surface area contributed by atoms with Crippen LogP contribution in [0.1, 0.15) is 36.1 Å². The van der Waals surface area contributed by atoms with Crippen LogP contribution >= 0.6 is 12.6 Å². The summed E-state index contributed by atoms with van der Waals surface area (Å²) in [4.78, 5) is 2.38. The molecule has 0 spiro atoms. The molecule has 1 aromatic heterocycles. The van der Waals surface area contributed by atoms with E-state index in [9.17, 15) is 0 Å². The molecule has 27 heavy (non-hydrogen) atoms. The molecule has 0 aliphatic heterocycles. The second kappa shape index (κ2) is 7.57. The first-order chi connectivity index (χ1) is 13.2. The van der Waals surface area contributed by atoms with Gasteiger partial charge >= 0.3 is 0 Å². The van der Waals surface area contributed by atoms with Gasteiger partial charge in [-0.05, 0) is 62.7 Å². The Labute approximate surface area is 167 Å². The highest BCUT2D eigenvalue weighted by atomic mass is 32.1. The first-order valence-electron chi connectivity index (χ1n) is 9.69. The molecule has 0 saturated heterocycles. The van der Waals surface area contributed by atoms with E-state index in [1.807, 2.05) is 6.07 Å². The van der Waals surface area contributed by atoms with Crippen LogP contribution in [0, 0.1) is 0 Å². The van der Waals surface area contributed by atoms with E-state index in [1.165, 1.54) is 22.1 Å². The van der Waals surface area contributed by atoms with Gasteiger partial charge in [-0.2, -0.15) is 12.6 Å². The molecule has 140 valence electrons. The molecule has 1 heterocycles. The van der Waals surface area contributed by atoms with Gasteiger partial charge in [-0.1, -0.05) is 54.6 Å². The zero-order valence-corrected chi connectivity index (χ0v) is 17.0. The number of allylic oxidation sites excluding steroid dienone is 1. The third-order valence-corrected chi connectivity index (χ3v) is 6.24. The summed E-state index contributed by atoms with van der Waals surface area (Å²) in [6.07, 6.45) is 6.44. The smallest absolute Gasteiger partial charge is 0.135 e. The maximum atomic E-state index is 6.31. The van der Waals surface area contributed by atoms with Gasteiger partial charge in [0.1, 0.15) is 11.3 Å². The number of furan rings is 1. The lowest BCUT2D eigenvalue weighted by molar-refractivity contribution is 0.138. The molecule has 1 atom stereocenters. The largest absolute Gasteiger partial charge is 0.456 e. The maximum Gasteiger partial charge on any atom is 0.135 e. The summed E-state index contributed by atoms with van der Waals surface area (Å²) in [5.41, 5.74) is 5.09. The minimum Gasteiger partial charge on any atom is -0.456 e. The minimum absolute atomic E-state index is 0.0560. The molecule has 3 heteroatoms. The van der Waals surface area contributed by atoms with Crippen molar-refractivity contribution >= 4 is 29.2 Å². The second-order valence-electron chi connectivity index (χ2n) is 7.61. The van der Waals surface area contributed by atoms with Gasteiger partial charge in [-0.25, -0.2) is 0 Å². The molecule has 1 aliphatic rings. The topological polar surface area (TPSA) is 16.4 Å². The number of para-hydroxylation sites is 1. The van der Waals surface area contributed by atoms with Crippen molar-refractivity contribution in [2.75, 3.05) is 19.8 Å². The summed E-state index contributed by atoms with van der Waals surface area (Å²) >= 11 is 4.48. The van der Waals surface area contributed by atoms with Gasteiger partial charge < -0.3 is 4.42 Å². The lowest BCUT2D eigenvalue weighted by Crippen LogP contribution is -2.42. The van der Waals surface area contributed by atoms with Crippen LogP contribution in [-0.2, 0) is 12.0 Å². The number of nitrogens with zero attached hydrogens (tertiary/aromatic N) is 1. The molecule has 0 fully saturated rings. The molecule has 0 N–H and O–H groups in total. The van der Waals surface area contributed by atoms with E-state index in [1.54, 1.807) is 0 Å². The molecule has 1 unspecified atom stereocenters. The molecule has 0 saturated carbocycles.